The molecular weight excluding hydrogens is 404 g/mol. The molecule has 3 rings (SSSR count). The second kappa shape index (κ2) is 9.50. The van der Waals surface area contributed by atoms with Gasteiger partial charge in [0.15, 0.2) is 11.6 Å². The molecular formula is C20H25BrN6. The minimum absolute atomic E-state index is 0.745. The summed E-state index contributed by atoms with van der Waals surface area (Å²) in [7, 11) is 2.07. The molecule has 0 spiro atoms. The van der Waals surface area contributed by atoms with Gasteiger partial charge in [-0.2, -0.15) is 0 Å². The summed E-state index contributed by atoms with van der Waals surface area (Å²) in [5, 5.41) is 11.8. The number of benzene rings is 1. The number of halogens is 1. The van der Waals surface area contributed by atoms with Crippen molar-refractivity contribution in [3.8, 4) is 0 Å². The van der Waals surface area contributed by atoms with Crippen LogP contribution in [-0.4, -0.2) is 45.6 Å². The zero-order chi connectivity index (χ0) is 19.1. The molecule has 2 aromatic heterocycles. The van der Waals surface area contributed by atoms with Crippen molar-refractivity contribution in [1.29, 1.82) is 0 Å². The van der Waals surface area contributed by atoms with E-state index in [0.29, 0.717) is 0 Å². The van der Waals surface area contributed by atoms with E-state index in [1.54, 1.807) is 0 Å². The summed E-state index contributed by atoms with van der Waals surface area (Å²) < 4.78 is 3.13. The fourth-order valence-electron chi connectivity index (χ4n) is 2.89. The molecule has 6 nitrogen and oxygen atoms in total. The highest BCUT2D eigenvalue weighted by molar-refractivity contribution is 9.10. The van der Waals surface area contributed by atoms with E-state index in [1.165, 1.54) is 5.56 Å². The van der Waals surface area contributed by atoms with Crippen molar-refractivity contribution in [2.75, 3.05) is 20.1 Å². The van der Waals surface area contributed by atoms with Gasteiger partial charge in [0.2, 0.25) is 0 Å². The van der Waals surface area contributed by atoms with Crippen LogP contribution < -0.4 is 5.32 Å². The molecule has 0 atom stereocenters. The first kappa shape index (κ1) is 19.4. The van der Waals surface area contributed by atoms with E-state index in [0.717, 1.165) is 54.4 Å². The number of hydrogen-bond donors (Lipinski definition) is 1. The van der Waals surface area contributed by atoms with E-state index in [-0.39, 0.29) is 0 Å². The van der Waals surface area contributed by atoms with Crippen molar-refractivity contribution < 1.29 is 0 Å². The van der Waals surface area contributed by atoms with Gasteiger partial charge in [-0.05, 0) is 43.2 Å². The Hall–Kier alpha value is -2.41. The summed E-state index contributed by atoms with van der Waals surface area (Å²) in [4.78, 5) is 6.92. The van der Waals surface area contributed by atoms with Crippen molar-refractivity contribution in [3.05, 3.63) is 64.5 Å². The van der Waals surface area contributed by atoms with Crippen LogP contribution in [0.5, 0.6) is 0 Å². The number of nitrogens with zero attached hydrogens (tertiary/aromatic N) is 5. The highest BCUT2D eigenvalue weighted by Gasteiger charge is 2.07. The lowest BCUT2D eigenvalue weighted by atomic mass is 10.2. The Morgan fingerprint density at radius 3 is 2.78 bits per heavy atom. The Labute approximate surface area is 168 Å². The van der Waals surface area contributed by atoms with Crippen molar-refractivity contribution in [1.82, 2.24) is 24.8 Å². The number of aromatic nitrogens is 3. The Bertz CT molecular complexity index is 887. The molecule has 0 aliphatic carbocycles. The van der Waals surface area contributed by atoms with Gasteiger partial charge in [0.25, 0.3) is 0 Å². The second-order valence-corrected chi connectivity index (χ2v) is 7.28. The van der Waals surface area contributed by atoms with Crippen LogP contribution in [-0.2, 0) is 13.0 Å². The van der Waals surface area contributed by atoms with Gasteiger partial charge in [-0.15, -0.1) is 10.2 Å². The number of rotatable bonds is 7. The van der Waals surface area contributed by atoms with E-state index >= 15 is 0 Å². The third kappa shape index (κ3) is 5.29. The Morgan fingerprint density at radius 2 is 2.00 bits per heavy atom. The molecule has 0 fully saturated rings. The number of hydrogen-bond acceptors (Lipinski definition) is 3. The lowest BCUT2D eigenvalue weighted by Gasteiger charge is -2.22. The van der Waals surface area contributed by atoms with Crippen LogP contribution in [0, 0.1) is 0 Å². The van der Waals surface area contributed by atoms with E-state index in [1.807, 2.05) is 28.8 Å². The first-order chi connectivity index (χ1) is 13.2. The fraction of sp³-hybridized carbons (Fsp3) is 0.350. The maximum atomic E-state index is 4.77. The van der Waals surface area contributed by atoms with Crippen LogP contribution in [0.2, 0.25) is 0 Å². The van der Waals surface area contributed by atoms with Gasteiger partial charge in [0.05, 0.1) is 0 Å². The van der Waals surface area contributed by atoms with Crippen molar-refractivity contribution in [3.63, 3.8) is 0 Å². The molecule has 0 amide bonds. The molecule has 7 heteroatoms. The van der Waals surface area contributed by atoms with E-state index in [2.05, 4.69) is 74.6 Å². The smallest absolute Gasteiger partial charge is 0.193 e. The predicted octanol–water partition coefficient (Wildman–Crippen LogP) is 3.52. The molecule has 2 heterocycles. The van der Waals surface area contributed by atoms with Gasteiger partial charge >= 0.3 is 0 Å². The van der Waals surface area contributed by atoms with Crippen molar-refractivity contribution in [2.24, 2.45) is 4.99 Å². The molecule has 3 aromatic rings. The van der Waals surface area contributed by atoms with Gasteiger partial charge in [-0.1, -0.05) is 34.1 Å². The van der Waals surface area contributed by atoms with Gasteiger partial charge in [0, 0.05) is 43.8 Å². The molecule has 0 unspecified atom stereocenters. The van der Waals surface area contributed by atoms with E-state index in [4.69, 9.17) is 4.99 Å². The second-order valence-electron chi connectivity index (χ2n) is 6.37. The zero-order valence-corrected chi connectivity index (χ0v) is 17.4. The predicted molar refractivity (Wildman–Crippen MR) is 113 cm³/mol. The molecule has 0 saturated carbocycles. The molecule has 0 radical (unpaired) electrons. The fourth-order valence-corrected chi connectivity index (χ4v) is 3.16. The average Bonchev–Trinajstić information content (AvgIpc) is 3.09. The molecule has 1 aromatic carbocycles. The third-order valence-electron chi connectivity index (χ3n) is 4.23. The summed E-state index contributed by atoms with van der Waals surface area (Å²) in [6, 6.07) is 14.3. The first-order valence-corrected chi connectivity index (χ1v) is 9.99. The number of nitrogens with one attached hydrogen (secondary N) is 1. The normalized spacial score (nSPS) is 11.7. The quantitative estimate of drug-likeness (QED) is 0.355. The lowest BCUT2D eigenvalue weighted by Crippen LogP contribution is -2.38. The van der Waals surface area contributed by atoms with Crippen LogP contribution in [0.3, 0.4) is 0 Å². The molecule has 142 valence electrons. The van der Waals surface area contributed by atoms with Crippen molar-refractivity contribution in [2.45, 2.75) is 26.3 Å². The molecule has 27 heavy (non-hydrogen) atoms. The molecule has 0 bridgehead atoms. The zero-order valence-electron chi connectivity index (χ0n) is 15.8. The summed E-state index contributed by atoms with van der Waals surface area (Å²) >= 11 is 3.48. The van der Waals surface area contributed by atoms with Gasteiger partial charge in [-0.25, -0.2) is 0 Å². The monoisotopic (exact) mass is 428 g/mol. The van der Waals surface area contributed by atoms with Crippen LogP contribution in [0.25, 0.3) is 5.65 Å². The van der Waals surface area contributed by atoms with E-state index < -0.39 is 0 Å². The minimum Gasteiger partial charge on any atom is -0.357 e. The number of guanidine groups is 1. The number of fused-ring (bicyclic) bond motifs is 1. The Kier molecular flexibility index (Phi) is 6.81. The van der Waals surface area contributed by atoms with Gasteiger partial charge in [-0.3, -0.25) is 9.39 Å². The topological polar surface area (TPSA) is 57.8 Å². The van der Waals surface area contributed by atoms with Gasteiger partial charge < -0.3 is 10.2 Å². The first-order valence-electron chi connectivity index (χ1n) is 9.20. The maximum absolute atomic E-state index is 4.77. The summed E-state index contributed by atoms with van der Waals surface area (Å²) in [5.41, 5.74) is 2.14. The lowest BCUT2D eigenvalue weighted by molar-refractivity contribution is 0.476. The van der Waals surface area contributed by atoms with Crippen LogP contribution in [0.4, 0.5) is 0 Å². The summed E-state index contributed by atoms with van der Waals surface area (Å²) in [6.07, 6.45) is 3.78. The van der Waals surface area contributed by atoms with Crippen molar-refractivity contribution >= 4 is 27.5 Å². The van der Waals surface area contributed by atoms with Crippen LogP contribution in [0.1, 0.15) is 24.7 Å². The Balaban J connectivity index is 1.57. The molecule has 0 saturated heterocycles. The van der Waals surface area contributed by atoms with Gasteiger partial charge in [0.1, 0.15) is 5.82 Å². The van der Waals surface area contributed by atoms with E-state index in [9.17, 15) is 0 Å². The largest absolute Gasteiger partial charge is 0.357 e. The minimum atomic E-state index is 0.745. The molecule has 0 aliphatic heterocycles. The summed E-state index contributed by atoms with van der Waals surface area (Å²) in [5.74, 6) is 1.90. The number of aryl methyl sites for hydroxylation is 1. The average molecular weight is 429 g/mol. The maximum Gasteiger partial charge on any atom is 0.193 e. The molecule has 0 aliphatic rings. The third-order valence-corrected chi connectivity index (χ3v) is 4.76. The van der Waals surface area contributed by atoms with Crippen LogP contribution >= 0.6 is 15.9 Å². The highest BCUT2D eigenvalue weighted by Crippen LogP contribution is 2.12. The standard InChI is InChI=1S/C20H25BrN6/c1-3-22-20(26(2)15-16-9-11-17(21)12-10-16)23-13-6-8-19-25-24-18-7-4-5-14-27(18)19/h4-5,7,9-12,14H,3,6,8,13,15H2,1-2H3,(H,22,23). The number of aliphatic imine (C=N–C) groups is 1. The SMILES string of the molecule is CCNC(=NCCCc1nnc2ccccn12)N(C)Cc1ccc(Br)cc1. The number of pyridine rings is 1. The molecule has 1 N–H and O–H groups in total. The summed E-state index contributed by atoms with van der Waals surface area (Å²) in [6.45, 7) is 4.49. The Morgan fingerprint density at radius 1 is 1.19 bits per heavy atom. The highest BCUT2D eigenvalue weighted by atomic mass is 79.9. The van der Waals surface area contributed by atoms with Crippen LogP contribution in [0.15, 0.2) is 58.1 Å².